The van der Waals surface area contributed by atoms with Gasteiger partial charge in [0.05, 0.1) is 0 Å². The summed E-state index contributed by atoms with van der Waals surface area (Å²) < 4.78 is 0. The first-order chi connectivity index (χ1) is 7.10. The summed E-state index contributed by atoms with van der Waals surface area (Å²) in [4.78, 5) is 11.1. The van der Waals surface area contributed by atoms with Gasteiger partial charge in [-0.1, -0.05) is 6.92 Å². The van der Waals surface area contributed by atoms with E-state index in [1.807, 2.05) is 11.8 Å². The Bertz CT molecular complexity index is 176. The van der Waals surface area contributed by atoms with Crippen molar-refractivity contribution < 1.29 is 4.79 Å². The lowest BCUT2D eigenvalue weighted by molar-refractivity contribution is -0.121. The second kappa shape index (κ2) is 9.04. The molecule has 4 heteroatoms. The van der Waals surface area contributed by atoms with Crippen molar-refractivity contribution in [2.45, 2.75) is 45.7 Å². The Morgan fingerprint density at radius 1 is 1.33 bits per heavy atom. The first-order valence-electron chi connectivity index (χ1n) is 5.64. The van der Waals surface area contributed by atoms with Crippen molar-refractivity contribution in [1.29, 1.82) is 0 Å². The molecule has 2 N–H and O–H groups in total. The quantitative estimate of drug-likeness (QED) is 0.625. The van der Waals surface area contributed by atoms with Crippen LogP contribution in [0.5, 0.6) is 0 Å². The highest BCUT2D eigenvalue weighted by Gasteiger charge is 2.10. The Morgan fingerprint density at radius 3 is 2.53 bits per heavy atom. The summed E-state index contributed by atoms with van der Waals surface area (Å²) in [7, 11) is 1.68. The molecular formula is C11H24N2OS. The Balaban J connectivity index is 3.56. The summed E-state index contributed by atoms with van der Waals surface area (Å²) in [6.07, 6.45) is 1.72. The maximum Gasteiger partial charge on any atom is 0.221 e. The third kappa shape index (κ3) is 8.75. The van der Waals surface area contributed by atoms with Gasteiger partial charge < -0.3 is 10.6 Å². The number of rotatable bonds is 8. The fraction of sp³-hybridized carbons (Fsp3) is 0.909. The molecule has 0 aliphatic carbocycles. The molecule has 90 valence electrons. The van der Waals surface area contributed by atoms with E-state index >= 15 is 0 Å². The number of amides is 1. The standard InChI is InChI=1S/C11H24N2OS/c1-5-15-7-6-9(2)13-10(3)8-11(14)12-4/h9-10,13H,5-8H2,1-4H3,(H,12,14). The van der Waals surface area contributed by atoms with Crippen LogP contribution < -0.4 is 10.6 Å². The molecule has 0 bridgehead atoms. The van der Waals surface area contributed by atoms with E-state index in [9.17, 15) is 4.79 Å². The molecule has 0 rings (SSSR count). The lowest BCUT2D eigenvalue weighted by Gasteiger charge is -2.19. The number of hydrogen-bond acceptors (Lipinski definition) is 3. The van der Waals surface area contributed by atoms with Crippen LogP contribution in [0.3, 0.4) is 0 Å². The molecule has 1 amide bonds. The smallest absolute Gasteiger partial charge is 0.221 e. The predicted molar refractivity (Wildman–Crippen MR) is 68.4 cm³/mol. The van der Waals surface area contributed by atoms with Gasteiger partial charge in [0, 0.05) is 25.6 Å². The normalized spacial score (nSPS) is 14.7. The largest absolute Gasteiger partial charge is 0.359 e. The molecule has 0 saturated carbocycles. The molecule has 2 atom stereocenters. The molecule has 0 aliphatic heterocycles. The minimum Gasteiger partial charge on any atom is -0.359 e. The highest BCUT2D eigenvalue weighted by molar-refractivity contribution is 7.99. The van der Waals surface area contributed by atoms with Gasteiger partial charge in [0.15, 0.2) is 0 Å². The van der Waals surface area contributed by atoms with E-state index in [1.165, 1.54) is 11.5 Å². The molecule has 0 aromatic heterocycles. The average Bonchev–Trinajstić information content (AvgIpc) is 2.17. The molecule has 0 aliphatic rings. The monoisotopic (exact) mass is 232 g/mol. The van der Waals surface area contributed by atoms with Gasteiger partial charge in [0.2, 0.25) is 5.91 Å². The molecule has 2 unspecified atom stereocenters. The molecule has 0 aromatic rings. The number of carbonyl (C=O) groups excluding carboxylic acids is 1. The average molecular weight is 232 g/mol. The van der Waals surface area contributed by atoms with Gasteiger partial charge >= 0.3 is 0 Å². The lowest BCUT2D eigenvalue weighted by Crippen LogP contribution is -2.38. The van der Waals surface area contributed by atoms with Gasteiger partial charge in [0.1, 0.15) is 0 Å². The number of nitrogens with one attached hydrogen (secondary N) is 2. The van der Waals surface area contributed by atoms with Crippen LogP contribution in [0.4, 0.5) is 0 Å². The van der Waals surface area contributed by atoms with Crippen LogP contribution in [-0.4, -0.2) is 36.5 Å². The molecule has 0 saturated heterocycles. The van der Waals surface area contributed by atoms with E-state index < -0.39 is 0 Å². The summed E-state index contributed by atoms with van der Waals surface area (Å²) >= 11 is 1.96. The second-order valence-corrected chi connectivity index (χ2v) is 5.23. The molecule has 0 aromatic carbocycles. The first-order valence-corrected chi connectivity index (χ1v) is 6.80. The van der Waals surface area contributed by atoms with Gasteiger partial charge in [-0.25, -0.2) is 0 Å². The van der Waals surface area contributed by atoms with E-state index in [-0.39, 0.29) is 11.9 Å². The first kappa shape index (κ1) is 14.8. The topological polar surface area (TPSA) is 41.1 Å². The molecule has 0 fully saturated rings. The van der Waals surface area contributed by atoms with Crippen LogP contribution in [-0.2, 0) is 4.79 Å². The van der Waals surface area contributed by atoms with Crippen molar-refractivity contribution in [3.05, 3.63) is 0 Å². The molecule has 3 nitrogen and oxygen atoms in total. The van der Waals surface area contributed by atoms with E-state index in [0.29, 0.717) is 12.5 Å². The van der Waals surface area contributed by atoms with Gasteiger partial charge in [-0.2, -0.15) is 11.8 Å². The summed E-state index contributed by atoms with van der Waals surface area (Å²) in [5.41, 5.74) is 0. The van der Waals surface area contributed by atoms with Crippen LogP contribution >= 0.6 is 11.8 Å². The van der Waals surface area contributed by atoms with Gasteiger partial charge in [-0.3, -0.25) is 4.79 Å². The molecule has 0 spiro atoms. The highest BCUT2D eigenvalue weighted by atomic mass is 32.2. The molecular weight excluding hydrogens is 208 g/mol. The maximum absolute atomic E-state index is 11.1. The van der Waals surface area contributed by atoms with E-state index in [1.54, 1.807) is 7.05 Å². The fourth-order valence-corrected chi connectivity index (χ4v) is 2.22. The van der Waals surface area contributed by atoms with Gasteiger partial charge in [0.25, 0.3) is 0 Å². The third-order valence-electron chi connectivity index (χ3n) is 2.24. The van der Waals surface area contributed by atoms with Gasteiger partial charge in [-0.05, 0) is 31.8 Å². The fourth-order valence-electron chi connectivity index (χ4n) is 1.41. The highest BCUT2D eigenvalue weighted by Crippen LogP contribution is 2.05. The number of carbonyl (C=O) groups is 1. The van der Waals surface area contributed by atoms with Crippen molar-refractivity contribution in [3.8, 4) is 0 Å². The van der Waals surface area contributed by atoms with E-state index in [0.717, 1.165) is 6.42 Å². The zero-order chi connectivity index (χ0) is 11.7. The lowest BCUT2D eigenvalue weighted by atomic mass is 10.1. The summed E-state index contributed by atoms with van der Waals surface area (Å²) in [6, 6.07) is 0.746. The van der Waals surface area contributed by atoms with E-state index in [4.69, 9.17) is 0 Å². The summed E-state index contributed by atoms with van der Waals surface area (Å²) in [5, 5.41) is 6.07. The zero-order valence-electron chi connectivity index (χ0n) is 10.3. The Hall–Kier alpha value is -0.220. The number of hydrogen-bond donors (Lipinski definition) is 2. The number of thioether (sulfide) groups is 1. The molecule has 0 heterocycles. The van der Waals surface area contributed by atoms with Crippen molar-refractivity contribution in [2.24, 2.45) is 0 Å². The maximum atomic E-state index is 11.1. The summed E-state index contributed by atoms with van der Waals surface area (Å²) in [5.74, 6) is 2.47. The van der Waals surface area contributed by atoms with Crippen LogP contribution in [0.2, 0.25) is 0 Å². The molecule has 0 radical (unpaired) electrons. The summed E-state index contributed by atoms with van der Waals surface area (Å²) in [6.45, 7) is 6.41. The Morgan fingerprint density at radius 2 is 2.00 bits per heavy atom. The minimum absolute atomic E-state index is 0.102. The van der Waals surface area contributed by atoms with Gasteiger partial charge in [-0.15, -0.1) is 0 Å². The van der Waals surface area contributed by atoms with Crippen molar-refractivity contribution in [2.75, 3.05) is 18.6 Å². The Kier molecular flexibility index (Phi) is 8.91. The predicted octanol–water partition coefficient (Wildman–Crippen LogP) is 1.63. The Labute approximate surface area is 97.8 Å². The van der Waals surface area contributed by atoms with Crippen LogP contribution in [0.1, 0.15) is 33.6 Å². The minimum atomic E-state index is 0.102. The van der Waals surface area contributed by atoms with E-state index in [2.05, 4.69) is 31.4 Å². The van der Waals surface area contributed by atoms with Crippen LogP contribution in [0, 0.1) is 0 Å². The van der Waals surface area contributed by atoms with Crippen LogP contribution in [0.15, 0.2) is 0 Å². The third-order valence-corrected chi connectivity index (χ3v) is 3.17. The van der Waals surface area contributed by atoms with Crippen molar-refractivity contribution in [1.82, 2.24) is 10.6 Å². The van der Waals surface area contributed by atoms with Crippen molar-refractivity contribution in [3.63, 3.8) is 0 Å². The SMILES string of the molecule is CCSCCC(C)NC(C)CC(=O)NC. The van der Waals surface area contributed by atoms with Crippen molar-refractivity contribution >= 4 is 17.7 Å². The zero-order valence-corrected chi connectivity index (χ0v) is 11.1. The second-order valence-electron chi connectivity index (χ2n) is 3.83. The van der Waals surface area contributed by atoms with Crippen LogP contribution in [0.25, 0.3) is 0 Å². The molecule has 15 heavy (non-hydrogen) atoms.